The van der Waals surface area contributed by atoms with Crippen molar-refractivity contribution in [1.29, 1.82) is 0 Å². The summed E-state index contributed by atoms with van der Waals surface area (Å²) in [6.07, 6.45) is 0.581. The van der Waals surface area contributed by atoms with E-state index < -0.39 is 11.7 Å². The normalized spacial score (nSPS) is 11.4. The van der Waals surface area contributed by atoms with Crippen LogP contribution in [0.15, 0.2) is 24.3 Å². The molecule has 0 aliphatic heterocycles. The number of rotatable bonds is 3. The summed E-state index contributed by atoms with van der Waals surface area (Å²) in [5.74, 6) is -4.39. The Bertz CT molecular complexity index is 339. The summed E-state index contributed by atoms with van der Waals surface area (Å²) in [5.41, 5.74) is 0.793. The van der Waals surface area contributed by atoms with Crippen LogP contribution >= 0.6 is 0 Å². The highest BCUT2D eigenvalue weighted by molar-refractivity contribution is 6.02. The number of Topliss-reactive ketones (excluding diaryl/α,β-unsaturated/α-hetero) is 1. The number of aryl methyl sites for hydroxylation is 1. The zero-order valence-corrected chi connectivity index (χ0v) is 8.18. The number of alkyl halides is 2. The van der Waals surface area contributed by atoms with Crippen LogP contribution in [0.4, 0.5) is 8.78 Å². The van der Waals surface area contributed by atoms with Gasteiger partial charge in [0.15, 0.2) is 0 Å². The van der Waals surface area contributed by atoms with Gasteiger partial charge in [0, 0.05) is 12.5 Å². The van der Waals surface area contributed by atoms with Crippen molar-refractivity contribution in [3.8, 4) is 0 Å². The predicted molar refractivity (Wildman–Crippen MR) is 50.8 cm³/mol. The van der Waals surface area contributed by atoms with E-state index in [2.05, 4.69) is 0 Å². The maximum Gasteiger partial charge on any atom is 0.307 e. The summed E-state index contributed by atoms with van der Waals surface area (Å²) in [7, 11) is 0. The van der Waals surface area contributed by atoms with Crippen LogP contribution in [-0.4, -0.2) is 11.7 Å². The Morgan fingerprint density at radius 3 is 2.43 bits per heavy atom. The quantitative estimate of drug-likeness (QED) is 0.682. The number of carbonyl (C=O) groups excluding carboxylic acids is 1. The largest absolute Gasteiger partial charge is 0.307 e. The Kier molecular flexibility index (Phi) is 2.99. The molecule has 0 heterocycles. The number of benzene rings is 1. The van der Waals surface area contributed by atoms with E-state index in [1.54, 1.807) is 18.2 Å². The number of halogens is 2. The molecule has 3 heteroatoms. The molecule has 0 saturated heterocycles. The van der Waals surface area contributed by atoms with Crippen molar-refractivity contribution < 1.29 is 13.6 Å². The first kappa shape index (κ1) is 10.8. The highest BCUT2D eigenvalue weighted by Gasteiger charge is 2.33. The van der Waals surface area contributed by atoms with Crippen molar-refractivity contribution in [2.24, 2.45) is 0 Å². The van der Waals surface area contributed by atoms with E-state index in [-0.39, 0.29) is 5.56 Å². The first-order valence-electron chi connectivity index (χ1n) is 4.47. The third kappa shape index (κ3) is 2.16. The summed E-state index contributed by atoms with van der Waals surface area (Å²) in [4.78, 5) is 11.3. The molecular weight excluding hydrogens is 186 g/mol. The molecular formula is C11H12F2O. The Labute approximate surface area is 81.7 Å². The third-order valence-corrected chi connectivity index (χ3v) is 2.04. The molecule has 0 bridgehead atoms. The minimum atomic E-state index is -3.29. The smallest absolute Gasteiger partial charge is 0.287 e. The number of hydrogen-bond acceptors (Lipinski definition) is 1. The van der Waals surface area contributed by atoms with Crippen molar-refractivity contribution in [3.63, 3.8) is 0 Å². The zero-order valence-electron chi connectivity index (χ0n) is 8.18. The molecule has 0 unspecified atom stereocenters. The molecule has 0 N–H and O–H groups in total. The van der Waals surface area contributed by atoms with Crippen molar-refractivity contribution >= 4 is 5.78 Å². The average molecular weight is 198 g/mol. The van der Waals surface area contributed by atoms with E-state index in [1.807, 2.05) is 6.92 Å². The van der Waals surface area contributed by atoms with Crippen LogP contribution in [0.2, 0.25) is 0 Å². The Balaban J connectivity index is 3.13. The van der Waals surface area contributed by atoms with Gasteiger partial charge in [-0.05, 0) is 12.0 Å². The van der Waals surface area contributed by atoms with Gasteiger partial charge in [0.1, 0.15) is 0 Å². The Hall–Kier alpha value is -1.25. The highest BCUT2D eigenvalue weighted by atomic mass is 19.3. The molecule has 0 atom stereocenters. The fraction of sp³-hybridized carbons (Fsp3) is 0.364. The third-order valence-electron chi connectivity index (χ3n) is 2.04. The summed E-state index contributed by atoms with van der Waals surface area (Å²) in [5, 5.41) is 0. The van der Waals surface area contributed by atoms with Crippen molar-refractivity contribution in [2.75, 3.05) is 0 Å². The predicted octanol–water partition coefficient (Wildman–Crippen LogP) is 3.09. The van der Waals surface area contributed by atoms with E-state index in [1.165, 1.54) is 6.07 Å². The number of hydrogen-bond donors (Lipinski definition) is 0. The second-order valence-electron chi connectivity index (χ2n) is 3.23. The van der Waals surface area contributed by atoms with Gasteiger partial charge in [0.05, 0.1) is 0 Å². The van der Waals surface area contributed by atoms with E-state index >= 15 is 0 Å². The molecule has 0 spiro atoms. The Morgan fingerprint density at radius 1 is 1.36 bits per heavy atom. The lowest BCUT2D eigenvalue weighted by Gasteiger charge is -2.11. The Morgan fingerprint density at radius 2 is 1.93 bits per heavy atom. The van der Waals surface area contributed by atoms with Gasteiger partial charge in [-0.1, -0.05) is 31.2 Å². The zero-order chi connectivity index (χ0) is 10.8. The molecule has 0 aliphatic rings. The van der Waals surface area contributed by atoms with Crippen LogP contribution in [0, 0.1) is 0 Å². The summed E-state index contributed by atoms with van der Waals surface area (Å²) in [6, 6.07) is 6.47. The topological polar surface area (TPSA) is 17.1 Å². The standard InChI is InChI=1S/C11H12F2O/c1-3-8-6-4-5-7-9(8)10(14)11(2,12)13/h4-7H,3H2,1-2H3. The molecule has 0 fully saturated rings. The van der Waals surface area contributed by atoms with Gasteiger partial charge >= 0.3 is 5.92 Å². The fourth-order valence-corrected chi connectivity index (χ4v) is 1.29. The summed E-state index contributed by atoms with van der Waals surface area (Å²) >= 11 is 0. The lowest BCUT2D eigenvalue weighted by Crippen LogP contribution is -2.25. The van der Waals surface area contributed by atoms with Gasteiger partial charge in [-0.2, -0.15) is 8.78 Å². The molecule has 1 aromatic carbocycles. The first-order chi connectivity index (χ1) is 6.46. The lowest BCUT2D eigenvalue weighted by molar-refractivity contribution is 0.0220. The van der Waals surface area contributed by atoms with E-state index in [0.717, 1.165) is 0 Å². The van der Waals surface area contributed by atoms with Crippen LogP contribution in [0.1, 0.15) is 29.8 Å². The van der Waals surface area contributed by atoms with Crippen LogP contribution in [0.3, 0.4) is 0 Å². The average Bonchev–Trinajstić information content (AvgIpc) is 2.15. The molecule has 76 valence electrons. The highest BCUT2D eigenvalue weighted by Crippen LogP contribution is 2.21. The van der Waals surface area contributed by atoms with Gasteiger partial charge in [-0.3, -0.25) is 4.79 Å². The molecule has 14 heavy (non-hydrogen) atoms. The summed E-state index contributed by atoms with van der Waals surface area (Å²) in [6.45, 7) is 2.46. The lowest BCUT2D eigenvalue weighted by atomic mass is 9.99. The minimum Gasteiger partial charge on any atom is -0.287 e. The van der Waals surface area contributed by atoms with Crippen molar-refractivity contribution in [3.05, 3.63) is 35.4 Å². The fourth-order valence-electron chi connectivity index (χ4n) is 1.29. The van der Waals surface area contributed by atoms with E-state index in [0.29, 0.717) is 18.9 Å². The van der Waals surface area contributed by atoms with Gasteiger partial charge in [-0.25, -0.2) is 0 Å². The molecule has 0 saturated carbocycles. The maximum absolute atomic E-state index is 12.8. The monoisotopic (exact) mass is 198 g/mol. The van der Waals surface area contributed by atoms with Gasteiger partial charge < -0.3 is 0 Å². The second-order valence-corrected chi connectivity index (χ2v) is 3.23. The van der Waals surface area contributed by atoms with Gasteiger partial charge in [0.2, 0.25) is 5.78 Å². The van der Waals surface area contributed by atoms with Crippen LogP contribution in [0.25, 0.3) is 0 Å². The second kappa shape index (κ2) is 3.86. The van der Waals surface area contributed by atoms with Gasteiger partial charge in [0.25, 0.3) is 0 Å². The van der Waals surface area contributed by atoms with Crippen LogP contribution in [-0.2, 0) is 6.42 Å². The molecule has 1 nitrogen and oxygen atoms in total. The number of carbonyl (C=O) groups is 1. The van der Waals surface area contributed by atoms with Crippen LogP contribution < -0.4 is 0 Å². The van der Waals surface area contributed by atoms with Crippen LogP contribution in [0.5, 0.6) is 0 Å². The minimum absolute atomic E-state index is 0.127. The first-order valence-corrected chi connectivity index (χ1v) is 4.47. The van der Waals surface area contributed by atoms with E-state index in [4.69, 9.17) is 0 Å². The SMILES string of the molecule is CCc1ccccc1C(=O)C(C)(F)F. The molecule has 1 aromatic rings. The number of ketones is 1. The maximum atomic E-state index is 12.8. The van der Waals surface area contributed by atoms with E-state index in [9.17, 15) is 13.6 Å². The molecule has 0 radical (unpaired) electrons. The van der Waals surface area contributed by atoms with Crippen molar-refractivity contribution in [2.45, 2.75) is 26.2 Å². The molecule has 1 rings (SSSR count). The van der Waals surface area contributed by atoms with Gasteiger partial charge in [-0.15, -0.1) is 0 Å². The molecule has 0 amide bonds. The van der Waals surface area contributed by atoms with Crippen molar-refractivity contribution in [1.82, 2.24) is 0 Å². The molecule has 0 aromatic heterocycles. The molecule has 0 aliphatic carbocycles. The summed E-state index contributed by atoms with van der Waals surface area (Å²) < 4.78 is 25.5.